The minimum Gasteiger partial charge on any atom is -0.370 e. The fourth-order valence-electron chi connectivity index (χ4n) is 6.37. The number of nitrogens with zero attached hydrogens (tertiary/aromatic N) is 3. The second-order valence-electron chi connectivity index (χ2n) is 10.4. The number of carbonyl (C=O) groups is 2. The van der Waals surface area contributed by atoms with E-state index < -0.39 is 0 Å². The molecule has 166 valence electrons. The van der Waals surface area contributed by atoms with E-state index in [2.05, 4.69) is 29.4 Å². The lowest BCUT2D eigenvalue weighted by atomic mass is 9.49. The average Bonchev–Trinajstić information content (AvgIpc) is 3.03. The van der Waals surface area contributed by atoms with Crippen LogP contribution in [0.5, 0.6) is 0 Å². The molecule has 0 spiro atoms. The summed E-state index contributed by atoms with van der Waals surface area (Å²) in [5.74, 6) is 3.96. The molecule has 0 unspecified atom stereocenters. The normalized spacial score (nSPS) is 29.5. The summed E-state index contributed by atoms with van der Waals surface area (Å²) in [6.07, 6.45) is 8.92. The van der Waals surface area contributed by atoms with Gasteiger partial charge in [0, 0.05) is 25.9 Å². The van der Waals surface area contributed by atoms with Gasteiger partial charge in [-0.05, 0) is 67.6 Å². The van der Waals surface area contributed by atoms with Crippen LogP contribution in [0.1, 0.15) is 64.6 Å². The number of hydrogen-bond donors (Lipinski definition) is 2. The Kier molecular flexibility index (Phi) is 6.42. The fraction of sp³-hybridized carbons (Fsp3) is 0.818. The molecule has 4 bridgehead atoms. The van der Waals surface area contributed by atoms with Crippen LogP contribution in [0.4, 0.5) is 0 Å². The second-order valence-corrected chi connectivity index (χ2v) is 11.3. The molecule has 1 aromatic heterocycles. The van der Waals surface area contributed by atoms with Crippen molar-refractivity contribution in [2.24, 2.45) is 34.8 Å². The fourth-order valence-corrected chi connectivity index (χ4v) is 7.16. The van der Waals surface area contributed by atoms with Crippen LogP contribution in [0.25, 0.3) is 0 Å². The molecular weight excluding hydrogens is 398 g/mol. The van der Waals surface area contributed by atoms with Crippen LogP contribution in [-0.2, 0) is 22.6 Å². The Hall–Kier alpha value is -1.57. The third kappa shape index (κ3) is 5.01. The third-order valence-electron chi connectivity index (χ3n) is 7.09. The van der Waals surface area contributed by atoms with Gasteiger partial charge in [-0.2, -0.15) is 0 Å². The Morgan fingerprint density at radius 2 is 1.80 bits per heavy atom. The Balaban J connectivity index is 1.31. The molecule has 0 saturated heterocycles. The first-order chi connectivity index (χ1) is 14.3. The van der Waals surface area contributed by atoms with Crippen molar-refractivity contribution < 1.29 is 9.59 Å². The van der Waals surface area contributed by atoms with Gasteiger partial charge >= 0.3 is 0 Å². The van der Waals surface area contributed by atoms with E-state index >= 15 is 0 Å². The van der Waals surface area contributed by atoms with Crippen molar-refractivity contribution in [3.05, 3.63) is 5.82 Å². The summed E-state index contributed by atoms with van der Waals surface area (Å²) < 4.78 is 2.03. The Labute approximate surface area is 183 Å². The van der Waals surface area contributed by atoms with Gasteiger partial charge in [0.05, 0.1) is 5.75 Å². The lowest BCUT2D eigenvalue weighted by Crippen LogP contribution is -2.51. The van der Waals surface area contributed by atoms with Crippen molar-refractivity contribution in [2.75, 3.05) is 12.3 Å². The lowest BCUT2D eigenvalue weighted by Gasteiger charge is -2.56. The molecule has 4 saturated carbocycles. The second kappa shape index (κ2) is 8.89. The van der Waals surface area contributed by atoms with Crippen LogP contribution >= 0.6 is 11.8 Å². The van der Waals surface area contributed by atoms with E-state index in [0.29, 0.717) is 23.5 Å². The minimum atomic E-state index is -0.340. The number of amides is 2. The minimum absolute atomic E-state index is 0.0773. The van der Waals surface area contributed by atoms with Crippen LogP contribution < -0.4 is 11.1 Å². The monoisotopic (exact) mass is 433 g/mol. The third-order valence-corrected chi connectivity index (χ3v) is 8.06. The van der Waals surface area contributed by atoms with Crippen LogP contribution in [0.15, 0.2) is 5.16 Å². The summed E-state index contributed by atoms with van der Waals surface area (Å²) in [5.41, 5.74) is 5.64. The zero-order chi connectivity index (χ0) is 21.3. The van der Waals surface area contributed by atoms with Crippen molar-refractivity contribution in [1.29, 1.82) is 0 Å². The van der Waals surface area contributed by atoms with Gasteiger partial charge < -0.3 is 15.6 Å². The molecule has 0 atom stereocenters. The lowest BCUT2D eigenvalue weighted by molar-refractivity contribution is -0.121. The van der Waals surface area contributed by atoms with Crippen LogP contribution in [-0.4, -0.2) is 38.9 Å². The molecule has 3 N–H and O–H groups in total. The van der Waals surface area contributed by atoms with E-state index in [1.807, 2.05) is 4.57 Å². The van der Waals surface area contributed by atoms with E-state index in [9.17, 15) is 9.59 Å². The topological polar surface area (TPSA) is 103 Å². The van der Waals surface area contributed by atoms with Gasteiger partial charge in [-0.3, -0.25) is 9.59 Å². The van der Waals surface area contributed by atoms with Gasteiger partial charge in [-0.25, -0.2) is 0 Å². The highest BCUT2D eigenvalue weighted by atomic mass is 32.2. The molecule has 0 radical (unpaired) electrons. The van der Waals surface area contributed by atoms with Crippen molar-refractivity contribution in [2.45, 2.75) is 76.9 Å². The number of aromatic nitrogens is 3. The number of nitrogens with one attached hydrogen (secondary N) is 1. The van der Waals surface area contributed by atoms with Crippen LogP contribution in [0.2, 0.25) is 0 Å². The molecule has 0 aliphatic heterocycles. The summed E-state index contributed by atoms with van der Waals surface area (Å²) in [4.78, 5) is 23.7. The molecule has 1 aromatic rings. The largest absolute Gasteiger partial charge is 0.370 e. The molecule has 8 heteroatoms. The van der Waals surface area contributed by atoms with Gasteiger partial charge in [-0.15, -0.1) is 10.2 Å². The number of thioether (sulfide) groups is 1. The average molecular weight is 434 g/mol. The van der Waals surface area contributed by atoms with Crippen LogP contribution in [0, 0.1) is 29.1 Å². The number of nitrogens with two attached hydrogens (primary N) is 1. The first-order valence-corrected chi connectivity index (χ1v) is 12.4. The van der Waals surface area contributed by atoms with Gasteiger partial charge in [0.15, 0.2) is 5.16 Å². The number of aryl methyl sites for hydroxylation is 1. The predicted molar refractivity (Wildman–Crippen MR) is 117 cm³/mol. The van der Waals surface area contributed by atoms with Crippen molar-refractivity contribution in [1.82, 2.24) is 20.1 Å². The summed E-state index contributed by atoms with van der Waals surface area (Å²) in [7, 11) is 0. The smallest absolute Gasteiger partial charge is 0.230 e. The quantitative estimate of drug-likeness (QED) is 0.552. The molecule has 1 heterocycles. The van der Waals surface area contributed by atoms with E-state index in [0.717, 1.165) is 41.8 Å². The highest BCUT2D eigenvalue weighted by Gasteiger charge is 2.50. The Morgan fingerprint density at radius 1 is 1.17 bits per heavy atom. The molecular formula is C22H35N5O2S. The highest BCUT2D eigenvalue weighted by Crippen LogP contribution is 2.59. The molecule has 5 rings (SSSR count). The molecule has 4 aliphatic rings. The number of carbonyl (C=O) groups excluding carboxylic acids is 2. The van der Waals surface area contributed by atoms with Gasteiger partial charge in [-0.1, -0.05) is 25.6 Å². The van der Waals surface area contributed by atoms with Crippen molar-refractivity contribution in [3.63, 3.8) is 0 Å². The number of rotatable bonds is 10. The molecule has 4 fully saturated rings. The summed E-state index contributed by atoms with van der Waals surface area (Å²) in [6.45, 7) is 5.85. The number of primary amides is 1. The summed E-state index contributed by atoms with van der Waals surface area (Å²) in [5, 5.41) is 12.5. The molecule has 4 aliphatic carbocycles. The Morgan fingerprint density at radius 3 is 2.37 bits per heavy atom. The zero-order valence-electron chi connectivity index (χ0n) is 18.2. The molecule has 0 aromatic carbocycles. The van der Waals surface area contributed by atoms with Crippen LogP contribution in [0.3, 0.4) is 0 Å². The van der Waals surface area contributed by atoms with E-state index in [4.69, 9.17) is 5.73 Å². The van der Waals surface area contributed by atoms with Crippen molar-refractivity contribution >= 4 is 23.6 Å². The zero-order valence-corrected chi connectivity index (χ0v) is 19.0. The first kappa shape index (κ1) is 21.7. The van der Waals surface area contributed by atoms with Crippen molar-refractivity contribution in [3.8, 4) is 0 Å². The Bertz CT molecular complexity index is 755. The SMILES string of the molecule is CC(C)Cn1c(CCC(N)=O)nnc1SCC(=O)NCC12CC3CC(CC(C3)C1)C2. The predicted octanol–water partition coefficient (Wildman–Crippen LogP) is 2.78. The molecule has 30 heavy (non-hydrogen) atoms. The first-order valence-electron chi connectivity index (χ1n) is 11.4. The standard InChI is InChI=1S/C22H35N5O2S/c1-14(2)11-27-19(4-3-18(23)28)25-26-21(27)30-12-20(29)24-13-22-8-15-5-16(9-22)7-17(6-15)10-22/h14-17H,3-13H2,1-2H3,(H2,23,28)(H,24,29). The molecule has 2 amide bonds. The maximum Gasteiger partial charge on any atom is 0.230 e. The highest BCUT2D eigenvalue weighted by molar-refractivity contribution is 7.99. The maximum absolute atomic E-state index is 12.6. The van der Waals surface area contributed by atoms with E-state index in [1.54, 1.807) is 0 Å². The van der Waals surface area contributed by atoms with Gasteiger partial charge in [0.25, 0.3) is 0 Å². The maximum atomic E-state index is 12.6. The van der Waals surface area contributed by atoms with E-state index in [1.165, 1.54) is 50.3 Å². The number of hydrogen-bond acceptors (Lipinski definition) is 5. The van der Waals surface area contributed by atoms with Gasteiger partial charge in [0.2, 0.25) is 11.8 Å². The summed E-state index contributed by atoms with van der Waals surface area (Å²) in [6, 6.07) is 0. The van der Waals surface area contributed by atoms with E-state index in [-0.39, 0.29) is 18.2 Å². The molecule has 7 nitrogen and oxygen atoms in total. The van der Waals surface area contributed by atoms with Gasteiger partial charge in [0.1, 0.15) is 5.82 Å². The summed E-state index contributed by atoms with van der Waals surface area (Å²) >= 11 is 1.43.